The maximum absolute atomic E-state index is 3.25. The molecular weight excluding hydrogens is 220 g/mol. The first-order valence-electron chi connectivity index (χ1n) is 5.98. The Labute approximate surface area is 108 Å². The van der Waals surface area contributed by atoms with Crippen LogP contribution >= 0.6 is 0 Å². The van der Waals surface area contributed by atoms with Crippen LogP contribution in [0.2, 0.25) is 0 Å². The second-order valence-corrected chi connectivity index (χ2v) is 4.05. The minimum Gasteiger partial charge on any atom is -0.361 e. The Hall–Kier alpha value is -2.35. The molecule has 2 N–H and O–H groups in total. The molecule has 0 spiro atoms. The van der Waals surface area contributed by atoms with E-state index in [1.807, 2.05) is 80.0 Å². The summed E-state index contributed by atoms with van der Waals surface area (Å²) in [7, 11) is 0. The minimum absolute atomic E-state index is 1.09. The number of allylic oxidation sites excluding steroid dienone is 1. The van der Waals surface area contributed by atoms with Gasteiger partial charge in [-0.2, -0.15) is 0 Å². The van der Waals surface area contributed by atoms with Gasteiger partial charge in [0.15, 0.2) is 6.21 Å². The molecule has 0 unspecified atom stereocenters. The number of rotatable bonds is 4. The Balaban J connectivity index is 1.96. The van der Waals surface area contributed by atoms with E-state index in [2.05, 4.69) is 10.3 Å². The molecule has 0 aliphatic heterocycles. The van der Waals surface area contributed by atoms with Gasteiger partial charge in [-0.3, -0.25) is 0 Å². The monoisotopic (exact) mass is 237 g/mol. The molecule has 0 atom stereocenters. The Morgan fingerprint density at radius 1 is 0.944 bits per heavy atom. The lowest BCUT2D eigenvalue weighted by Gasteiger charge is -1.98. The number of hydrogen-bond acceptors (Lipinski definition) is 1. The number of benzene rings is 2. The van der Waals surface area contributed by atoms with Crippen molar-refractivity contribution in [1.29, 1.82) is 0 Å². The van der Waals surface area contributed by atoms with Crippen molar-refractivity contribution in [3.8, 4) is 0 Å². The van der Waals surface area contributed by atoms with Crippen LogP contribution in [0.15, 0.2) is 72.4 Å². The average Bonchev–Trinajstić information content (AvgIpc) is 2.45. The maximum Gasteiger partial charge on any atom is 0.203 e. The Bertz CT molecular complexity index is 528. The van der Waals surface area contributed by atoms with Crippen LogP contribution in [-0.4, -0.2) is 6.21 Å². The van der Waals surface area contributed by atoms with E-state index >= 15 is 0 Å². The maximum atomic E-state index is 3.25. The van der Waals surface area contributed by atoms with Gasteiger partial charge >= 0.3 is 0 Å². The van der Waals surface area contributed by atoms with Crippen LogP contribution in [0.1, 0.15) is 6.92 Å². The van der Waals surface area contributed by atoms with Crippen molar-refractivity contribution in [2.75, 3.05) is 5.32 Å². The number of para-hydroxylation sites is 2. The van der Waals surface area contributed by atoms with Crippen LogP contribution in [0.3, 0.4) is 0 Å². The summed E-state index contributed by atoms with van der Waals surface area (Å²) in [5, 5.41) is 3.25. The molecule has 0 aliphatic carbocycles. The molecular formula is C16H17N2+. The Morgan fingerprint density at radius 2 is 1.56 bits per heavy atom. The largest absolute Gasteiger partial charge is 0.361 e. The average molecular weight is 237 g/mol. The van der Waals surface area contributed by atoms with Crippen molar-refractivity contribution >= 4 is 17.6 Å². The van der Waals surface area contributed by atoms with Crippen LogP contribution in [0.25, 0.3) is 0 Å². The summed E-state index contributed by atoms with van der Waals surface area (Å²) < 4.78 is 0. The normalized spacial score (nSPS) is 11.7. The molecule has 2 heteroatoms. The zero-order chi connectivity index (χ0) is 12.6. The third kappa shape index (κ3) is 3.91. The molecule has 0 bridgehead atoms. The fourth-order valence-corrected chi connectivity index (χ4v) is 1.50. The van der Waals surface area contributed by atoms with E-state index in [1.165, 1.54) is 0 Å². The fraction of sp³-hybridized carbons (Fsp3) is 0.0625. The zero-order valence-corrected chi connectivity index (χ0v) is 10.4. The van der Waals surface area contributed by atoms with Crippen molar-refractivity contribution in [1.82, 2.24) is 0 Å². The molecule has 90 valence electrons. The summed E-state index contributed by atoms with van der Waals surface area (Å²) in [5.41, 5.74) is 3.30. The van der Waals surface area contributed by atoms with Crippen LogP contribution in [0.5, 0.6) is 0 Å². The van der Waals surface area contributed by atoms with Gasteiger partial charge in [-0.05, 0) is 19.1 Å². The van der Waals surface area contributed by atoms with Crippen molar-refractivity contribution in [3.05, 3.63) is 72.4 Å². The van der Waals surface area contributed by atoms with E-state index in [4.69, 9.17) is 0 Å². The van der Waals surface area contributed by atoms with Gasteiger partial charge in [0.05, 0.1) is 0 Å². The summed E-state index contributed by atoms with van der Waals surface area (Å²) in [6.07, 6.45) is 3.95. The van der Waals surface area contributed by atoms with E-state index in [0.29, 0.717) is 0 Å². The highest BCUT2D eigenvalue weighted by Gasteiger charge is 1.92. The predicted octanol–water partition coefficient (Wildman–Crippen LogP) is 2.49. The molecule has 0 saturated carbocycles. The highest BCUT2D eigenvalue weighted by Crippen LogP contribution is 2.05. The van der Waals surface area contributed by atoms with E-state index in [1.54, 1.807) is 0 Å². The van der Waals surface area contributed by atoms with Crippen molar-refractivity contribution < 1.29 is 4.99 Å². The first-order chi connectivity index (χ1) is 8.84. The van der Waals surface area contributed by atoms with Crippen LogP contribution in [-0.2, 0) is 0 Å². The van der Waals surface area contributed by atoms with Gasteiger partial charge in [-0.25, -0.2) is 4.99 Å². The zero-order valence-electron chi connectivity index (χ0n) is 10.4. The molecule has 2 aromatic rings. The van der Waals surface area contributed by atoms with Gasteiger partial charge in [0, 0.05) is 29.6 Å². The summed E-state index contributed by atoms with van der Waals surface area (Å²) in [4.78, 5) is 3.25. The van der Waals surface area contributed by atoms with Crippen molar-refractivity contribution in [2.24, 2.45) is 0 Å². The fourth-order valence-electron chi connectivity index (χ4n) is 1.50. The van der Waals surface area contributed by atoms with Gasteiger partial charge in [0.1, 0.15) is 0 Å². The summed E-state index contributed by atoms with van der Waals surface area (Å²) in [6, 6.07) is 20.2. The third-order valence-corrected chi connectivity index (χ3v) is 2.48. The third-order valence-electron chi connectivity index (χ3n) is 2.48. The van der Waals surface area contributed by atoms with Gasteiger partial charge < -0.3 is 5.32 Å². The Morgan fingerprint density at radius 3 is 2.22 bits per heavy atom. The molecule has 0 aliphatic rings. The van der Waals surface area contributed by atoms with E-state index in [0.717, 1.165) is 16.9 Å². The first-order valence-corrected chi connectivity index (χ1v) is 5.98. The first kappa shape index (κ1) is 12.1. The molecule has 18 heavy (non-hydrogen) atoms. The molecule has 0 aromatic heterocycles. The standard InChI is InChI=1S/C16H16N2/c1-14(12-17-15-8-4-2-5-9-15)13-18-16-10-6-3-7-11-16/h2-13,17H,1H3/p+1. The number of anilines is 1. The molecule has 2 aromatic carbocycles. The highest BCUT2D eigenvalue weighted by molar-refractivity contribution is 5.74. The van der Waals surface area contributed by atoms with Crippen LogP contribution < -0.4 is 10.3 Å². The van der Waals surface area contributed by atoms with Gasteiger partial charge in [0.25, 0.3) is 0 Å². The molecule has 0 fully saturated rings. The summed E-state index contributed by atoms with van der Waals surface area (Å²) >= 11 is 0. The van der Waals surface area contributed by atoms with Crippen LogP contribution in [0.4, 0.5) is 11.4 Å². The predicted molar refractivity (Wildman–Crippen MR) is 77.0 cm³/mol. The molecule has 0 radical (unpaired) electrons. The molecule has 0 heterocycles. The molecule has 2 nitrogen and oxygen atoms in total. The lowest BCUT2D eigenvalue weighted by Crippen LogP contribution is -2.61. The van der Waals surface area contributed by atoms with E-state index < -0.39 is 0 Å². The summed E-state index contributed by atoms with van der Waals surface area (Å²) in [5.74, 6) is 0. The van der Waals surface area contributed by atoms with E-state index in [9.17, 15) is 0 Å². The smallest absolute Gasteiger partial charge is 0.203 e. The second-order valence-electron chi connectivity index (χ2n) is 4.05. The molecule has 0 amide bonds. The highest BCUT2D eigenvalue weighted by atomic mass is 14.8. The SMILES string of the molecule is CC(C=[NH+]c1ccccc1)=CNc1ccccc1. The quantitative estimate of drug-likeness (QED) is 0.785. The lowest BCUT2D eigenvalue weighted by molar-refractivity contribution is -0.347. The topological polar surface area (TPSA) is 26.0 Å². The number of nitrogens with one attached hydrogen (secondary N) is 2. The van der Waals surface area contributed by atoms with Crippen molar-refractivity contribution in [3.63, 3.8) is 0 Å². The van der Waals surface area contributed by atoms with Gasteiger partial charge in [0.2, 0.25) is 5.69 Å². The minimum atomic E-state index is 1.09. The molecule has 0 saturated heterocycles. The second kappa shape index (κ2) is 6.40. The van der Waals surface area contributed by atoms with Gasteiger partial charge in [-0.15, -0.1) is 0 Å². The summed E-state index contributed by atoms with van der Waals surface area (Å²) in [6.45, 7) is 2.05. The Kier molecular flexibility index (Phi) is 4.31. The van der Waals surface area contributed by atoms with Crippen LogP contribution in [0, 0.1) is 0 Å². The van der Waals surface area contributed by atoms with Gasteiger partial charge in [-0.1, -0.05) is 36.4 Å². The van der Waals surface area contributed by atoms with E-state index in [-0.39, 0.29) is 0 Å². The molecule has 2 rings (SSSR count). The van der Waals surface area contributed by atoms with Crippen molar-refractivity contribution in [2.45, 2.75) is 6.92 Å². The number of hydrogen-bond donors (Lipinski definition) is 2. The lowest BCUT2D eigenvalue weighted by atomic mass is 10.3.